The largest absolute Gasteiger partial charge is 0.506 e. The van der Waals surface area contributed by atoms with E-state index in [1.165, 1.54) is 0 Å². The molecule has 6 nitrogen and oxygen atoms in total. The first-order valence-corrected chi connectivity index (χ1v) is 9.21. The van der Waals surface area contributed by atoms with Gasteiger partial charge in [-0.2, -0.15) is 0 Å². The Kier molecular flexibility index (Phi) is 5.23. The molecule has 1 unspecified atom stereocenters. The molecule has 0 spiro atoms. The van der Waals surface area contributed by atoms with Gasteiger partial charge in [0.25, 0.3) is 5.91 Å². The molecule has 1 atom stereocenters. The first kappa shape index (κ1) is 19.6. The summed E-state index contributed by atoms with van der Waals surface area (Å²) in [6.07, 6.45) is 0.651. The number of phenols is 1. The molecule has 146 valence electrons. The number of benzene rings is 2. The summed E-state index contributed by atoms with van der Waals surface area (Å²) in [5.74, 6) is -1.18. The maximum absolute atomic E-state index is 12.5. The second-order valence-electron chi connectivity index (χ2n) is 8.15. The number of rotatable bonds is 4. The topological polar surface area (TPSA) is 95.5 Å². The summed E-state index contributed by atoms with van der Waals surface area (Å²) in [5.41, 5.74) is 2.58. The summed E-state index contributed by atoms with van der Waals surface area (Å²) in [7, 11) is 0. The van der Waals surface area contributed by atoms with Gasteiger partial charge in [0.15, 0.2) is 0 Å². The van der Waals surface area contributed by atoms with Crippen LogP contribution in [0.2, 0.25) is 0 Å². The third-order valence-electron chi connectivity index (χ3n) is 4.87. The predicted octanol–water partition coefficient (Wildman–Crippen LogP) is 3.15. The van der Waals surface area contributed by atoms with E-state index >= 15 is 0 Å². The van der Waals surface area contributed by atoms with Crippen LogP contribution in [0.15, 0.2) is 42.5 Å². The number of aromatic hydroxyl groups is 1. The van der Waals surface area contributed by atoms with Crippen LogP contribution in [0, 0.1) is 5.92 Å². The van der Waals surface area contributed by atoms with Gasteiger partial charge >= 0.3 is 0 Å². The van der Waals surface area contributed by atoms with Crippen molar-refractivity contribution in [3.63, 3.8) is 0 Å². The number of phenolic OH excluding ortho intramolecular Hbond substituents is 1. The first-order valence-electron chi connectivity index (χ1n) is 9.21. The van der Waals surface area contributed by atoms with E-state index in [4.69, 9.17) is 0 Å². The van der Waals surface area contributed by atoms with Crippen molar-refractivity contribution in [3.8, 4) is 5.75 Å². The monoisotopic (exact) mass is 380 g/mol. The Morgan fingerprint density at radius 2 is 1.82 bits per heavy atom. The molecule has 0 bridgehead atoms. The molecule has 0 radical (unpaired) electrons. The van der Waals surface area contributed by atoms with E-state index in [-0.39, 0.29) is 41.2 Å². The molecule has 28 heavy (non-hydrogen) atoms. The summed E-state index contributed by atoms with van der Waals surface area (Å²) in [6.45, 7) is 6.17. The highest BCUT2D eigenvalue weighted by atomic mass is 16.3. The minimum atomic E-state index is -0.357. The van der Waals surface area contributed by atoms with Gasteiger partial charge in [0.05, 0.1) is 11.6 Å². The zero-order valence-corrected chi connectivity index (χ0v) is 16.2. The van der Waals surface area contributed by atoms with E-state index in [9.17, 15) is 19.5 Å². The lowest BCUT2D eigenvalue weighted by Gasteiger charge is -2.20. The summed E-state index contributed by atoms with van der Waals surface area (Å²) < 4.78 is 0. The van der Waals surface area contributed by atoms with Crippen molar-refractivity contribution in [2.24, 2.45) is 5.92 Å². The number of anilines is 1. The fourth-order valence-electron chi connectivity index (χ4n) is 3.15. The van der Waals surface area contributed by atoms with Crippen LogP contribution in [0.1, 0.15) is 48.7 Å². The molecule has 0 saturated carbocycles. The zero-order chi connectivity index (χ0) is 20.5. The maximum atomic E-state index is 12.5. The summed E-state index contributed by atoms with van der Waals surface area (Å²) in [4.78, 5) is 35.5. The highest BCUT2D eigenvalue weighted by Crippen LogP contribution is 2.31. The van der Waals surface area contributed by atoms with Crippen LogP contribution in [-0.2, 0) is 21.4 Å². The Morgan fingerprint density at radius 3 is 2.39 bits per heavy atom. The van der Waals surface area contributed by atoms with E-state index < -0.39 is 0 Å². The van der Waals surface area contributed by atoms with Gasteiger partial charge in [-0.1, -0.05) is 39.0 Å². The van der Waals surface area contributed by atoms with Crippen molar-refractivity contribution in [1.82, 2.24) is 5.32 Å². The molecule has 3 N–H and O–H groups in total. The van der Waals surface area contributed by atoms with Gasteiger partial charge in [-0.3, -0.25) is 19.7 Å². The van der Waals surface area contributed by atoms with Crippen molar-refractivity contribution in [2.75, 3.05) is 5.32 Å². The Hall–Kier alpha value is -3.15. The number of nitrogens with one attached hydrogen (secondary N) is 2. The summed E-state index contributed by atoms with van der Waals surface area (Å²) >= 11 is 0. The van der Waals surface area contributed by atoms with Crippen LogP contribution >= 0.6 is 0 Å². The molecule has 6 heteroatoms. The van der Waals surface area contributed by atoms with Gasteiger partial charge < -0.3 is 10.4 Å². The molecular weight excluding hydrogens is 356 g/mol. The van der Waals surface area contributed by atoms with Crippen LogP contribution in [0.3, 0.4) is 0 Å². The van der Waals surface area contributed by atoms with Gasteiger partial charge in [-0.05, 0) is 47.2 Å². The van der Waals surface area contributed by atoms with Crippen LogP contribution in [0.25, 0.3) is 0 Å². The molecule has 0 aromatic heterocycles. The molecule has 1 aliphatic rings. The lowest BCUT2D eigenvalue weighted by Crippen LogP contribution is -2.22. The van der Waals surface area contributed by atoms with Gasteiger partial charge in [0.1, 0.15) is 5.75 Å². The van der Waals surface area contributed by atoms with Gasteiger partial charge in [0.2, 0.25) is 11.8 Å². The van der Waals surface area contributed by atoms with E-state index in [0.717, 1.165) is 11.1 Å². The number of hydrogen-bond acceptors (Lipinski definition) is 4. The third kappa shape index (κ3) is 4.39. The van der Waals surface area contributed by atoms with Crippen LogP contribution < -0.4 is 10.6 Å². The zero-order valence-electron chi connectivity index (χ0n) is 16.2. The highest BCUT2D eigenvalue weighted by Gasteiger charge is 2.30. The second kappa shape index (κ2) is 7.46. The normalized spacial score (nSPS) is 16.8. The Morgan fingerprint density at radius 1 is 1.14 bits per heavy atom. The van der Waals surface area contributed by atoms with Crippen molar-refractivity contribution in [2.45, 2.75) is 39.0 Å². The Balaban J connectivity index is 1.70. The second-order valence-corrected chi connectivity index (χ2v) is 8.15. The molecular formula is C22H24N2O4. The molecule has 1 heterocycles. The average molecular weight is 380 g/mol. The maximum Gasteiger partial charge on any atom is 0.255 e. The first-order chi connectivity index (χ1) is 13.1. The van der Waals surface area contributed by atoms with Crippen molar-refractivity contribution >= 4 is 23.4 Å². The van der Waals surface area contributed by atoms with Crippen LogP contribution in [0.5, 0.6) is 5.75 Å². The molecule has 3 rings (SSSR count). The quantitative estimate of drug-likeness (QED) is 0.561. The SMILES string of the molecule is CC(C)(C)c1ccc(O)c(NC(=O)c2ccc(CC3CC(=O)NC3=O)cc2)c1. The lowest BCUT2D eigenvalue weighted by molar-refractivity contribution is -0.125. The molecule has 1 aliphatic heterocycles. The predicted molar refractivity (Wildman–Crippen MR) is 106 cm³/mol. The number of amides is 3. The number of imide groups is 1. The molecule has 2 aromatic rings. The smallest absolute Gasteiger partial charge is 0.255 e. The number of carbonyl (C=O) groups is 3. The van der Waals surface area contributed by atoms with E-state index in [0.29, 0.717) is 17.7 Å². The van der Waals surface area contributed by atoms with Gasteiger partial charge in [0, 0.05) is 12.0 Å². The average Bonchev–Trinajstić information content (AvgIpc) is 2.93. The van der Waals surface area contributed by atoms with E-state index in [1.807, 2.05) is 6.07 Å². The van der Waals surface area contributed by atoms with E-state index in [2.05, 4.69) is 31.4 Å². The summed E-state index contributed by atoms with van der Waals surface area (Å²) in [6, 6.07) is 12.1. The van der Waals surface area contributed by atoms with Crippen molar-refractivity contribution in [3.05, 3.63) is 59.2 Å². The Labute approximate surface area is 164 Å². The molecule has 1 saturated heterocycles. The van der Waals surface area contributed by atoms with Gasteiger partial charge in [-0.15, -0.1) is 0 Å². The van der Waals surface area contributed by atoms with E-state index in [1.54, 1.807) is 36.4 Å². The lowest BCUT2D eigenvalue weighted by atomic mass is 9.87. The molecule has 0 aliphatic carbocycles. The minimum Gasteiger partial charge on any atom is -0.506 e. The van der Waals surface area contributed by atoms with Crippen LogP contribution in [-0.4, -0.2) is 22.8 Å². The van der Waals surface area contributed by atoms with Crippen LogP contribution in [0.4, 0.5) is 5.69 Å². The standard InChI is InChI=1S/C22H24N2O4/c1-22(2,3)16-8-9-18(25)17(12-16)23-20(27)14-6-4-13(5-7-14)10-15-11-19(26)24-21(15)28/h4-9,12,15,25H,10-11H2,1-3H3,(H,23,27)(H,24,26,28). The molecule has 1 fully saturated rings. The van der Waals surface area contributed by atoms with Gasteiger partial charge in [-0.25, -0.2) is 0 Å². The minimum absolute atomic E-state index is 0.00915. The summed E-state index contributed by atoms with van der Waals surface area (Å²) in [5, 5.41) is 15.1. The number of hydrogen-bond donors (Lipinski definition) is 3. The van der Waals surface area contributed by atoms with Crippen molar-refractivity contribution < 1.29 is 19.5 Å². The molecule has 3 amide bonds. The highest BCUT2D eigenvalue weighted by molar-refractivity contribution is 6.05. The Bertz CT molecular complexity index is 927. The van der Waals surface area contributed by atoms with Crippen molar-refractivity contribution in [1.29, 1.82) is 0 Å². The fraction of sp³-hybridized carbons (Fsp3) is 0.318. The third-order valence-corrected chi connectivity index (χ3v) is 4.87. The number of carbonyl (C=O) groups excluding carboxylic acids is 3. The fourth-order valence-corrected chi connectivity index (χ4v) is 3.15. The molecule has 2 aromatic carbocycles.